The number of oxime groups is 1. The lowest BCUT2D eigenvalue weighted by Crippen LogP contribution is -2.44. The van der Waals surface area contributed by atoms with E-state index >= 15 is 0 Å². The summed E-state index contributed by atoms with van der Waals surface area (Å²) in [6, 6.07) is 17.6. The minimum Gasteiger partial charge on any atom is -0.458 e. The first-order valence-corrected chi connectivity index (χ1v) is 11.8. The van der Waals surface area contributed by atoms with Crippen LogP contribution in [-0.2, 0) is 33.1 Å². The first-order chi connectivity index (χ1) is 17.9. The first kappa shape index (κ1) is 22.8. The molecule has 184 valence electrons. The van der Waals surface area contributed by atoms with E-state index in [1.54, 1.807) is 47.9 Å². The molecule has 1 N–H and O–H groups in total. The highest BCUT2D eigenvalue weighted by molar-refractivity contribution is 6.02. The van der Waals surface area contributed by atoms with Gasteiger partial charge in [-0.3, -0.25) is 4.79 Å². The number of aliphatic hydroxyl groups is 1. The van der Waals surface area contributed by atoms with Gasteiger partial charge in [-0.25, -0.2) is 14.6 Å². The molecule has 37 heavy (non-hydrogen) atoms. The summed E-state index contributed by atoms with van der Waals surface area (Å²) in [6.07, 6.45) is 1.51. The summed E-state index contributed by atoms with van der Waals surface area (Å²) in [6.45, 7) is 1.65. The average molecular weight is 495 g/mol. The van der Waals surface area contributed by atoms with Crippen molar-refractivity contribution in [3.05, 3.63) is 98.8 Å². The van der Waals surface area contributed by atoms with Crippen molar-refractivity contribution in [2.45, 2.75) is 32.1 Å². The van der Waals surface area contributed by atoms with Crippen molar-refractivity contribution >= 4 is 29.1 Å². The number of carbonyl (C=O) groups is 2. The Morgan fingerprint density at radius 2 is 1.92 bits per heavy atom. The zero-order valence-corrected chi connectivity index (χ0v) is 19.8. The minimum atomic E-state index is -1.90. The topological polar surface area (TPSA) is 120 Å². The van der Waals surface area contributed by atoms with E-state index in [4.69, 9.17) is 14.6 Å². The third-order valence-corrected chi connectivity index (χ3v) is 6.97. The van der Waals surface area contributed by atoms with Crippen LogP contribution in [0.2, 0.25) is 0 Å². The molecule has 4 heterocycles. The third kappa shape index (κ3) is 3.47. The average Bonchev–Trinajstić information content (AvgIpc) is 3.30. The van der Waals surface area contributed by atoms with Crippen molar-refractivity contribution < 1.29 is 24.3 Å². The molecule has 6 rings (SSSR count). The number of aromatic nitrogens is 2. The lowest BCUT2D eigenvalue weighted by molar-refractivity contribution is -0.172. The fraction of sp³-hybridized carbons (Fsp3) is 0.179. The molecule has 0 spiro atoms. The van der Waals surface area contributed by atoms with Crippen LogP contribution in [-0.4, -0.2) is 32.8 Å². The molecule has 2 aliphatic rings. The quantitative estimate of drug-likeness (QED) is 0.176. The Hall–Kier alpha value is -4.63. The van der Waals surface area contributed by atoms with Crippen molar-refractivity contribution in [3.63, 3.8) is 0 Å². The predicted molar refractivity (Wildman–Crippen MR) is 134 cm³/mol. The van der Waals surface area contributed by atoms with E-state index in [1.165, 1.54) is 6.21 Å². The summed E-state index contributed by atoms with van der Waals surface area (Å²) < 4.78 is 6.69. The maximum absolute atomic E-state index is 13.5. The number of para-hydroxylation sites is 1. The summed E-state index contributed by atoms with van der Waals surface area (Å²) in [5, 5.41) is 15.8. The minimum absolute atomic E-state index is 0.0599. The Balaban J connectivity index is 1.49. The maximum Gasteiger partial charge on any atom is 0.365 e. The van der Waals surface area contributed by atoms with Gasteiger partial charge in [0.15, 0.2) is 5.60 Å². The van der Waals surface area contributed by atoms with E-state index in [-0.39, 0.29) is 36.3 Å². The third-order valence-electron chi connectivity index (χ3n) is 6.97. The molecule has 0 saturated heterocycles. The van der Waals surface area contributed by atoms with Crippen LogP contribution in [0.4, 0.5) is 0 Å². The molecule has 0 fully saturated rings. The Morgan fingerprint density at radius 3 is 2.70 bits per heavy atom. The number of benzene rings is 2. The largest absolute Gasteiger partial charge is 0.458 e. The van der Waals surface area contributed by atoms with Crippen molar-refractivity contribution in [3.8, 4) is 11.4 Å². The van der Waals surface area contributed by atoms with Gasteiger partial charge in [-0.05, 0) is 30.7 Å². The molecule has 0 saturated carbocycles. The van der Waals surface area contributed by atoms with Crippen molar-refractivity contribution in [1.29, 1.82) is 0 Å². The zero-order valence-electron chi connectivity index (χ0n) is 19.8. The SMILES string of the molecule is CC[C@@]1(O)C(=O)OCc2c1cc1n(c2=O)Cc2c-1nc1ccccc1c2/C=N/OC(=O)c1ccccc1. The van der Waals surface area contributed by atoms with Crippen LogP contribution in [0.15, 0.2) is 70.6 Å². The second kappa shape index (κ2) is 8.49. The fourth-order valence-corrected chi connectivity index (χ4v) is 4.96. The molecule has 2 aromatic carbocycles. The van der Waals surface area contributed by atoms with Gasteiger partial charge in [-0.15, -0.1) is 0 Å². The number of fused-ring (bicyclic) bond motifs is 5. The summed E-state index contributed by atoms with van der Waals surface area (Å²) in [7, 11) is 0. The lowest BCUT2D eigenvalue weighted by atomic mass is 9.86. The highest BCUT2D eigenvalue weighted by Gasteiger charge is 2.45. The van der Waals surface area contributed by atoms with Crippen molar-refractivity contribution in [1.82, 2.24) is 9.55 Å². The molecule has 0 aliphatic carbocycles. The molecule has 9 heteroatoms. The predicted octanol–water partition coefficient (Wildman–Crippen LogP) is 3.27. The Kier molecular flexibility index (Phi) is 5.24. The van der Waals surface area contributed by atoms with Crippen LogP contribution in [0.25, 0.3) is 22.3 Å². The molecule has 0 unspecified atom stereocenters. The number of esters is 1. The van der Waals surface area contributed by atoms with E-state index in [9.17, 15) is 19.5 Å². The Bertz CT molecular complexity index is 1690. The molecule has 0 bridgehead atoms. The number of cyclic esters (lactones) is 1. The normalized spacial score (nSPS) is 17.8. The monoisotopic (exact) mass is 495 g/mol. The van der Waals surface area contributed by atoms with Crippen LogP contribution in [0, 0.1) is 0 Å². The fourth-order valence-electron chi connectivity index (χ4n) is 4.96. The number of hydrogen-bond donors (Lipinski definition) is 1. The van der Waals surface area contributed by atoms with E-state index in [1.807, 2.05) is 24.3 Å². The van der Waals surface area contributed by atoms with E-state index in [0.717, 1.165) is 5.39 Å². The second-order valence-corrected chi connectivity index (χ2v) is 8.95. The number of ether oxygens (including phenoxy) is 1. The molecule has 2 aliphatic heterocycles. The standard InChI is InChI=1S/C28H21N3O6/c1-2-28(35)21-12-23-24-19(14-31(23)25(32)20(21)15-36-27(28)34)18(17-10-6-7-11-22(17)30-24)13-29-37-26(33)16-8-4-3-5-9-16/h3-13,35H,2,14-15H2,1H3/b29-13+/t28-/m0/s1. The molecule has 2 aromatic heterocycles. The first-order valence-electron chi connectivity index (χ1n) is 11.8. The smallest absolute Gasteiger partial charge is 0.365 e. The van der Waals surface area contributed by atoms with Crippen LogP contribution in [0.5, 0.6) is 0 Å². The lowest BCUT2D eigenvalue weighted by Gasteiger charge is -2.31. The summed E-state index contributed by atoms with van der Waals surface area (Å²) >= 11 is 0. The molecule has 1 atom stereocenters. The summed E-state index contributed by atoms with van der Waals surface area (Å²) in [5.41, 5.74) is 1.65. The van der Waals surface area contributed by atoms with Gasteiger partial charge in [0.2, 0.25) is 0 Å². The number of rotatable bonds is 4. The van der Waals surface area contributed by atoms with Crippen molar-refractivity contribution in [2.75, 3.05) is 0 Å². The van der Waals surface area contributed by atoms with Gasteiger partial charge >= 0.3 is 11.9 Å². The maximum atomic E-state index is 13.5. The van der Waals surface area contributed by atoms with Gasteiger partial charge in [0.1, 0.15) is 6.61 Å². The molecular weight excluding hydrogens is 474 g/mol. The van der Waals surface area contributed by atoms with Gasteiger partial charge in [0.05, 0.1) is 40.8 Å². The molecule has 9 nitrogen and oxygen atoms in total. The number of hydrogen-bond acceptors (Lipinski definition) is 8. The van der Waals surface area contributed by atoms with E-state index in [2.05, 4.69) is 5.16 Å². The number of nitrogens with zero attached hydrogens (tertiary/aromatic N) is 3. The molecule has 4 aromatic rings. The zero-order chi connectivity index (χ0) is 25.7. The van der Waals surface area contributed by atoms with Gasteiger partial charge in [0, 0.05) is 22.1 Å². The second-order valence-electron chi connectivity index (χ2n) is 8.95. The highest BCUT2D eigenvalue weighted by Crippen LogP contribution is 2.39. The van der Waals surface area contributed by atoms with Crippen LogP contribution >= 0.6 is 0 Å². The Labute approximate surface area is 210 Å². The highest BCUT2D eigenvalue weighted by atomic mass is 16.7. The summed E-state index contributed by atoms with van der Waals surface area (Å²) in [5.74, 6) is -1.37. The number of carbonyl (C=O) groups excluding carboxylic acids is 2. The molecular formula is C28H21N3O6. The van der Waals surface area contributed by atoms with Gasteiger partial charge in [0.25, 0.3) is 5.56 Å². The van der Waals surface area contributed by atoms with Gasteiger partial charge < -0.3 is 19.2 Å². The van der Waals surface area contributed by atoms with Crippen LogP contribution in [0.3, 0.4) is 0 Å². The molecule has 0 amide bonds. The van der Waals surface area contributed by atoms with Gasteiger partial charge in [-0.2, -0.15) is 0 Å². The van der Waals surface area contributed by atoms with Crippen LogP contribution < -0.4 is 5.56 Å². The summed E-state index contributed by atoms with van der Waals surface area (Å²) in [4.78, 5) is 48.2. The van der Waals surface area contributed by atoms with Gasteiger partial charge in [-0.1, -0.05) is 48.5 Å². The number of pyridine rings is 2. The van der Waals surface area contributed by atoms with E-state index in [0.29, 0.717) is 33.6 Å². The van der Waals surface area contributed by atoms with Crippen LogP contribution in [0.1, 0.15) is 46.0 Å². The van der Waals surface area contributed by atoms with Crippen molar-refractivity contribution in [2.24, 2.45) is 5.16 Å². The van der Waals surface area contributed by atoms with E-state index < -0.39 is 17.5 Å². The molecule has 0 radical (unpaired) electrons. The Morgan fingerprint density at radius 1 is 1.16 bits per heavy atom.